The number of anilines is 3. The highest BCUT2D eigenvalue weighted by Crippen LogP contribution is 2.37. The summed E-state index contributed by atoms with van der Waals surface area (Å²) in [5.74, 6) is 0. The number of pyridine rings is 1. The van der Waals surface area contributed by atoms with Gasteiger partial charge in [-0.15, -0.1) is 0 Å². The first-order valence-electron chi connectivity index (χ1n) is 11.6. The topological polar surface area (TPSA) is 40.5 Å². The zero-order chi connectivity index (χ0) is 23.6. The minimum absolute atomic E-state index is 0.168. The third kappa shape index (κ3) is 4.36. The van der Waals surface area contributed by atoms with E-state index in [0.717, 1.165) is 45.7 Å². The zero-order valence-electron chi connectivity index (χ0n) is 19.0. The summed E-state index contributed by atoms with van der Waals surface area (Å²) in [6.07, 6.45) is 2.64. The van der Waals surface area contributed by atoms with Gasteiger partial charge < -0.3 is 5.32 Å². The lowest BCUT2D eigenvalue weighted by molar-refractivity contribution is 0.709. The first kappa shape index (κ1) is 21.4. The van der Waals surface area contributed by atoms with Gasteiger partial charge in [-0.3, -0.25) is 9.99 Å². The number of hydrogen-bond acceptors (Lipinski definition) is 4. The molecule has 1 N–H and O–H groups in total. The minimum Gasteiger partial charge on any atom is -0.355 e. The van der Waals surface area contributed by atoms with Crippen LogP contribution in [0.5, 0.6) is 0 Å². The van der Waals surface area contributed by atoms with Crippen molar-refractivity contribution in [1.29, 1.82) is 0 Å². The largest absolute Gasteiger partial charge is 0.355 e. The second-order valence-electron chi connectivity index (χ2n) is 8.58. The molecule has 6 rings (SSSR count). The standard InChI is InChI=1S/C30H23ClN4/c31-23-13-16-26-27(17-18-32-29(26)19-23)33-24-14-11-21(12-15-24)28-20-30(22-7-3-1-4-8-22)35(34-28)25-9-5-2-6-10-25/h1-19,30H,20H2,(H,32,33). The summed E-state index contributed by atoms with van der Waals surface area (Å²) < 4.78 is 0. The number of nitrogens with one attached hydrogen (secondary N) is 1. The van der Waals surface area contributed by atoms with Crippen LogP contribution in [0.25, 0.3) is 10.9 Å². The van der Waals surface area contributed by atoms with Crippen molar-refractivity contribution in [2.75, 3.05) is 10.3 Å². The number of aromatic nitrogens is 1. The van der Waals surface area contributed by atoms with Crippen LogP contribution < -0.4 is 10.3 Å². The summed E-state index contributed by atoms with van der Waals surface area (Å²) in [5, 5.41) is 12.4. The lowest BCUT2D eigenvalue weighted by Gasteiger charge is -2.23. The molecule has 1 aliphatic rings. The number of hydrazone groups is 1. The Hall–Kier alpha value is -4.15. The SMILES string of the molecule is Clc1ccc2c(Nc3ccc(C4=NN(c5ccccc5)C(c5ccccc5)C4)cc3)ccnc2c1. The van der Waals surface area contributed by atoms with Gasteiger partial charge in [0.1, 0.15) is 0 Å². The molecule has 4 aromatic carbocycles. The summed E-state index contributed by atoms with van der Waals surface area (Å²) in [6.45, 7) is 0. The fourth-order valence-corrected chi connectivity index (χ4v) is 4.74. The van der Waals surface area contributed by atoms with Gasteiger partial charge in [-0.1, -0.05) is 72.3 Å². The van der Waals surface area contributed by atoms with E-state index in [0.29, 0.717) is 5.02 Å². The molecular weight excluding hydrogens is 452 g/mol. The predicted molar refractivity (Wildman–Crippen MR) is 146 cm³/mol. The van der Waals surface area contributed by atoms with Crippen molar-refractivity contribution in [3.05, 3.63) is 132 Å². The summed E-state index contributed by atoms with van der Waals surface area (Å²) in [5.41, 5.74) is 7.44. The molecule has 0 radical (unpaired) electrons. The van der Waals surface area contributed by atoms with Gasteiger partial charge in [0, 0.05) is 34.4 Å². The Morgan fingerprint density at radius 3 is 2.31 bits per heavy atom. The molecule has 4 nitrogen and oxygen atoms in total. The lowest BCUT2D eigenvalue weighted by atomic mass is 9.98. The molecular formula is C30H23ClN4. The molecule has 170 valence electrons. The number of benzene rings is 4. The van der Waals surface area contributed by atoms with Crippen LogP contribution in [-0.2, 0) is 0 Å². The van der Waals surface area contributed by atoms with Gasteiger partial charge in [-0.2, -0.15) is 5.10 Å². The zero-order valence-corrected chi connectivity index (χ0v) is 19.7. The highest BCUT2D eigenvalue weighted by Gasteiger charge is 2.29. The van der Waals surface area contributed by atoms with Crippen LogP contribution in [0.2, 0.25) is 5.02 Å². The number of hydrogen-bond donors (Lipinski definition) is 1. The minimum atomic E-state index is 0.168. The van der Waals surface area contributed by atoms with Gasteiger partial charge in [-0.25, -0.2) is 0 Å². The Labute approximate surface area is 209 Å². The van der Waals surface area contributed by atoms with Crippen molar-refractivity contribution >= 4 is 45.3 Å². The molecule has 5 aromatic rings. The normalized spacial score (nSPS) is 15.3. The average molecular weight is 475 g/mol. The number of rotatable bonds is 5. The molecule has 1 unspecified atom stereocenters. The molecule has 0 fully saturated rings. The van der Waals surface area contributed by atoms with Crippen LogP contribution in [0, 0.1) is 0 Å². The lowest BCUT2D eigenvalue weighted by Crippen LogP contribution is -2.18. The van der Waals surface area contributed by atoms with Crippen molar-refractivity contribution < 1.29 is 0 Å². The Balaban J connectivity index is 1.28. The van der Waals surface area contributed by atoms with Crippen molar-refractivity contribution in [2.45, 2.75) is 12.5 Å². The maximum Gasteiger partial charge on any atom is 0.0831 e. The first-order valence-corrected chi connectivity index (χ1v) is 12.0. The van der Waals surface area contributed by atoms with Crippen molar-refractivity contribution in [3.8, 4) is 0 Å². The van der Waals surface area contributed by atoms with E-state index in [1.165, 1.54) is 5.56 Å². The summed E-state index contributed by atoms with van der Waals surface area (Å²) in [7, 11) is 0. The van der Waals surface area contributed by atoms with E-state index in [2.05, 4.69) is 94.2 Å². The Bertz CT molecular complexity index is 1500. The van der Waals surface area contributed by atoms with E-state index in [4.69, 9.17) is 16.7 Å². The smallest absolute Gasteiger partial charge is 0.0831 e. The molecule has 35 heavy (non-hydrogen) atoms. The predicted octanol–water partition coefficient (Wildman–Crippen LogP) is 7.99. The Morgan fingerprint density at radius 2 is 1.54 bits per heavy atom. The molecule has 0 amide bonds. The second kappa shape index (κ2) is 9.24. The highest BCUT2D eigenvalue weighted by molar-refractivity contribution is 6.31. The molecule has 2 heterocycles. The maximum atomic E-state index is 6.13. The van der Waals surface area contributed by atoms with Gasteiger partial charge in [-0.05, 0) is 59.7 Å². The molecule has 0 aliphatic carbocycles. The molecule has 0 bridgehead atoms. The molecule has 1 aromatic heterocycles. The third-order valence-corrected chi connectivity index (χ3v) is 6.55. The molecule has 0 saturated carbocycles. The second-order valence-corrected chi connectivity index (χ2v) is 9.02. The fraction of sp³-hybridized carbons (Fsp3) is 0.0667. The van der Waals surface area contributed by atoms with Crippen LogP contribution in [-0.4, -0.2) is 10.7 Å². The Morgan fingerprint density at radius 1 is 0.800 bits per heavy atom. The van der Waals surface area contributed by atoms with E-state index in [-0.39, 0.29) is 6.04 Å². The number of nitrogens with zero attached hydrogens (tertiary/aromatic N) is 3. The summed E-state index contributed by atoms with van der Waals surface area (Å²) in [6, 6.07) is 37.4. The average Bonchev–Trinajstić information content (AvgIpc) is 3.36. The summed E-state index contributed by atoms with van der Waals surface area (Å²) >= 11 is 6.13. The molecule has 5 heteroatoms. The van der Waals surface area contributed by atoms with E-state index in [1.54, 1.807) is 6.20 Å². The van der Waals surface area contributed by atoms with E-state index in [9.17, 15) is 0 Å². The number of para-hydroxylation sites is 1. The van der Waals surface area contributed by atoms with Gasteiger partial charge in [0.2, 0.25) is 0 Å². The molecule has 1 aliphatic heterocycles. The quantitative estimate of drug-likeness (QED) is 0.280. The van der Waals surface area contributed by atoms with Gasteiger partial charge in [0.25, 0.3) is 0 Å². The van der Waals surface area contributed by atoms with E-state index in [1.807, 2.05) is 30.3 Å². The van der Waals surface area contributed by atoms with Crippen molar-refractivity contribution in [3.63, 3.8) is 0 Å². The Kier molecular flexibility index (Phi) is 5.65. The van der Waals surface area contributed by atoms with E-state index < -0.39 is 0 Å². The van der Waals surface area contributed by atoms with E-state index >= 15 is 0 Å². The van der Waals surface area contributed by atoms with Crippen LogP contribution >= 0.6 is 11.6 Å². The van der Waals surface area contributed by atoms with Crippen LogP contribution in [0.15, 0.2) is 120 Å². The van der Waals surface area contributed by atoms with Crippen molar-refractivity contribution in [1.82, 2.24) is 4.98 Å². The van der Waals surface area contributed by atoms with Gasteiger partial charge in [0.05, 0.1) is 23.0 Å². The maximum absolute atomic E-state index is 6.13. The van der Waals surface area contributed by atoms with Gasteiger partial charge >= 0.3 is 0 Å². The molecule has 0 spiro atoms. The van der Waals surface area contributed by atoms with Crippen LogP contribution in [0.4, 0.5) is 17.1 Å². The third-order valence-electron chi connectivity index (χ3n) is 6.32. The molecule has 0 saturated heterocycles. The highest BCUT2D eigenvalue weighted by atomic mass is 35.5. The van der Waals surface area contributed by atoms with Crippen LogP contribution in [0.3, 0.4) is 0 Å². The number of halogens is 1. The van der Waals surface area contributed by atoms with Gasteiger partial charge in [0.15, 0.2) is 0 Å². The fourth-order valence-electron chi connectivity index (χ4n) is 4.57. The van der Waals surface area contributed by atoms with Crippen LogP contribution in [0.1, 0.15) is 23.6 Å². The summed E-state index contributed by atoms with van der Waals surface area (Å²) in [4.78, 5) is 4.43. The monoisotopic (exact) mass is 474 g/mol. The van der Waals surface area contributed by atoms with Crippen molar-refractivity contribution in [2.24, 2.45) is 5.10 Å². The molecule has 1 atom stereocenters. The first-order chi connectivity index (χ1) is 17.2. The number of fused-ring (bicyclic) bond motifs is 1.